The monoisotopic (exact) mass is 305 g/mol. The van der Waals surface area contributed by atoms with Crippen LogP contribution in [0.25, 0.3) is 16.6 Å². The molecule has 23 heavy (non-hydrogen) atoms. The molecule has 2 N–H and O–H groups in total. The Kier molecular flexibility index (Phi) is 2.56. The van der Waals surface area contributed by atoms with E-state index >= 15 is 0 Å². The van der Waals surface area contributed by atoms with Gasteiger partial charge in [-0.3, -0.25) is 9.79 Å². The number of rotatable bonds is 2. The molecule has 1 aromatic heterocycles. The van der Waals surface area contributed by atoms with Gasteiger partial charge in [0.2, 0.25) is 11.9 Å². The number of aromatic amines is 1. The molecule has 0 spiro atoms. The first kappa shape index (κ1) is 12.8. The van der Waals surface area contributed by atoms with Crippen molar-refractivity contribution < 1.29 is 4.79 Å². The minimum atomic E-state index is 0.0932. The quantitative estimate of drug-likeness (QED) is 0.891. The average molecular weight is 305 g/mol. The number of hydrogen-bond acceptors (Lipinski definition) is 4. The second kappa shape index (κ2) is 4.62. The lowest BCUT2D eigenvalue weighted by Gasteiger charge is -2.06. The molecule has 0 bridgehead atoms. The van der Waals surface area contributed by atoms with Crippen LogP contribution in [-0.2, 0) is 4.79 Å². The Balaban J connectivity index is 1.50. The van der Waals surface area contributed by atoms with E-state index < -0.39 is 0 Å². The summed E-state index contributed by atoms with van der Waals surface area (Å²) in [6.45, 7) is 0.866. The Morgan fingerprint density at radius 2 is 2.22 bits per heavy atom. The number of benzene rings is 1. The van der Waals surface area contributed by atoms with E-state index in [9.17, 15) is 4.79 Å². The fourth-order valence-corrected chi connectivity index (χ4v) is 3.25. The van der Waals surface area contributed by atoms with Crippen molar-refractivity contribution >= 4 is 40.5 Å². The van der Waals surface area contributed by atoms with Gasteiger partial charge in [-0.15, -0.1) is 0 Å². The Labute approximate surface area is 132 Å². The summed E-state index contributed by atoms with van der Waals surface area (Å²) in [6.07, 6.45) is 6.02. The summed E-state index contributed by atoms with van der Waals surface area (Å²) < 4.78 is 0. The number of amides is 1. The fourth-order valence-electron chi connectivity index (χ4n) is 3.25. The van der Waals surface area contributed by atoms with Crippen LogP contribution in [0.1, 0.15) is 18.4 Å². The first-order valence-electron chi connectivity index (χ1n) is 7.87. The number of imidazole rings is 1. The van der Waals surface area contributed by atoms with E-state index in [1.165, 1.54) is 0 Å². The lowest BCUT2D eigenvalue weighted by Crippen LogP contribution is -2.24. The number of H-pyrrole nitrogens is 1. The van der Waals surface area contributed by atoms with E-state index in [4.69, 9.17) is 0 Å². The molecule has 6 heteroatoms. The molecule has 6 nitrogen and oxygen atoms in total. The number of carbonyl (C=O) groups excluding carboxylic acids is 1. The van der Waals surface area contributed by atoms with Crippen LogP contribution in [0.4, 0.5) is 5.95 Å². The standard InChI is InChI=1S/C17H15N5O/c23-16-12-7-11(12)15(21-16)22-17-19-13-4-3-9(6-14(13)20-17)10-2-1-5-18-8-10/h2-4,6,8,11-12H,1,5,7H2,(H2,19,20,21,22,23). The molecule has 1 aromatic carbocycles. The molecule has 2 fully saturated rings. The van der Waals surface area contributed by atoms with Gasteiger partial charge in [0.25, 0.3) is 0 Å². The number of nitrogens with one attached hydrogen (secondary N) is 2. The second-order valence-electron chi connectivity index (χ2n) is 6.21. The van der Waals surface area contributed by atoms with Gasteiger partial charge in [0.1, 0.15) is 5.84 Å². The van der Waals surface area contributed by atoms with E-state index in [0.717, 1.165) is 47.4 Å². The van der Waals surface area contributed by atoms with Crippen LogP contribution in [0.2, 0.25) is 0 Å². The van der Waals surface area contributed by atoms with E-state index in [1.807, 2.05) is 12.3 Å². The maximum atomic E-state index is 11.6. The lowest BCUT2D eigenvalue weighted by molar-refractivity contribution is -0.120. The number of aromatic nitrogens is 2. The Morgan fingerprint density at radius 3 is 2.96 bits per heavy atom. The zero-order chi connectivity index (χ0) is 15.4. The molecule has 5 rings (SSSR count). The fraction of sp³-hybridized carbons (Fsp3) is 0.294. The van der Waals surface area contributed by atoms with Crippen LogP contribution in [0.5, 0.6) is 0 Å². The van der Waals surface area contributed by atoms with Gasteiger partial charge in [-0.25, -0.2) is 4.98 Å². The minimum absolute atomic E-state index is 0.0932. The maximum Gasteiger partial charge on any atom is 0.229 e. The SMILES string of the molecule is O=C1NC(=Nc2nc3ccc(C4=CCCN=C4)cc3[nH]2)C2CC12. The highest BCUT2D eigenvalue weighted by atomic mass is 16.2. The summed E-state index contributed by atoms with van der Waals surface area (Å²) in [7, 11) is 0. The van der Waals surface area contributed by atoms with Crippen molar-refractivity contribution in [3.63, 3.8) is 0 Å². The number of allylic oxidation sites excluding steroid dienone is 1. The summed E-state index contributed by atoms with van der Waals surface area (Å²) in [5.74, 6) is 1.81. The number of nitrogens with zero attached hydrogens (tertiary/aromatic N) is 3. The van der Waals surface area contributed by atoms with Gasteiger partial charge in [-0.1, -0.05) is 12.1 Å². The number of piperidine rings is 1. The molecule has 114 valence electrons. The van der Waals surface area contributed by atoms with E-state index in [2.05, 4.69) is 43.5 Å². The molecule has 3 aliphatic rings. The number of dihydropyridines is 1. The molecule has 1 saturated carbocycles. The summed E-state index contributed by atoms with van der Waals surface area (Å²) in [6, 6.07) is 6.11. The van der Waals surface area contributed by atoms with Crippen LogP contribution in [0.15, 0.2) is 34.3 Å². The Hall–Kier alpha value is -2.76. The normalized spacial score (nSPS) is 27.2. The first-order chi connectivity index (χ1) is 11.3. The van der Waals surface area contributed by atoms with Crippen LogP contribution in [0.3, 0.4) is 0 Å². The summed E-state index contributed by atoms with van der Waals surface area (Å²) in [5, 5.41) is 2.83. The second-order valence-corrected chi connectivity index (χ2v) is 6.21. The minimum Gasteiger partial charge on any atom is -0.322 e. The Bertz CT molecular complexity index is 920. The number of carbonyl (C=O) groups is 1. The molecule has 3 heterocycles. The maximum absolute atomic E-state index is 11.6. The molecule has 0 radical (unpaired) electrons. The largest absolute Gasteiger partial charge is 0.322 e. The van der Waals surface area contributed by atoms with E-state index in [-0.39, 0.29) is 17.7 Å². The molecule has 1 saturated heterocycles. The topological polar surface area (TPSA) is 82.5 Å². The zero-order valence-corrected chi connectivity index (χ0v) is 12.4. The van der Waals surface area contributed by atoms with Crippen molar-refractivity contribution in [1.82, 2.24) is 15.3 Å². The first-order valence-corrected chi connectivity index (χ1v) is 7.87. The lowest BCUT2D eigenvalue weighted by atomic mass is 10.0. The third kappa shape index (κ3) is 2.10. The molecule has 2 aliphatic heterocycles. The average Bonchev–Trinajstić information content (AvgIpc) is 3.19. The molecule has 2 atom stereocenters. The van der Waals surface area contributed by atoms with Gasteiger partial charge in [0.15, 0.2) is 0 Å². The molecule has 2 aromatic rings. The van der Waals surface area contributed by atoms with Crippen molar-refractivity contribution in [2.75, 3.05) is 6.54 Å². The highest BCUT2D eigenvalue weighted by Gasteiger charge is 2.52. The van der Waals surface area contributed by atoms with Crippen LogP contribution < -0.4 is 5.32 Å². The van der Waals surface area contributed by atoms with Crippen molar-refractivity contribution in [2.24, 2.45) is 21.8 Å². The van der Waals surface area contributed by atoms with Gasteiger partial charge in [0, 0.05) is 24.6 Å². The number of hydrogen-bond donors (Lipinski definition) is 2. The van der Waals surface area contributed by atoms with E-state index in [0.29, 0.717) is 5.95 Å². The van der Waals surface area contributed by atoms with Crippen molar-refractivity contribution in [1.29, 1.82) is 0 Å². The van der Waals surface area contributed by atoms with Gasteiger partial charge >= 0.3 is 0 Å². The number of aliphatic imine (C=N–C) groups is 2. The van der Waals surface area contributed by atoms with E-state index in [1.54, 1.807) is 0 Å². The summed E-state index contributed by atoms with van der Waals surface area (Å²) >= 11 is 0. The van der Waals surface area contributed by atoms with Gasteiger partial charge in [-0.05, 0) is 36.1 Å². The third-order valence-corrected chi connectivity index (χ3v) is 4.61. The van der Waals surface area contributed by atoms with Gasteiger partial charge < -0.3 is 10.3 Å². The van der Waals surface area contributed by atoms with Crippen molar-refractivity contribution in [2.45, 2.75) is 12.8 Å². The van der Waals surface area contributed by atoms with Gasteiger partial charge in [-0.2, -0.15) is 4.99 Å². The van der Waals surface area contributed by atoms with Crippen LogP contribution in [0, 0.1) is 11.8 Å². The van der Waals surface area contributed by atoms with Crippen LogP contribution >= 0.6 is 0 Å². The van der Waals surface area contributed by atoms with Gasteiger partial charge in [0.05, 0.1) is 11.0 Å². The predicted octanol–water partition coefficient (Wildman–Crippen LogP) is 2.22. The molecule has 1 amide bonds. The summed E-state index contributed by atoms with van der Waals surface area (Å²) in [4.78, 5) is 28.1. The van der Waals surface area contributed by atoms with Crippen molar-refractivity contribution in [3.05, 3.63) is 29.8 Å². The number of fused-ring (bicyclic) bond motifs is 2. The molecule has 2 unspecified atom stereocenters. The number of amidine groups is 1. The molecular weight excluding hydrogens is 290 g/mol. The highest BCUT2D eigenvalue weighted by Crippen LogP contribution is 2.43. The predicted molar refractivity (Wildman–Crippen MR) is 88.9 cm³/mol. The smallest absolute Gasteiger partial charge is 0.229 e. The Morgan fingerprint density at radius 1 is 1.26 bits per heavy atom. The highest BCUT2D eigenvalue weighted by molar-refractivity contribution is 6.12. The summed E-state index contributed by atoms with van der Waals surface area (Å²) in [5.41, 5.74) is 4.08. The van der Waals surface area contributed by atoms with Crippen molar-refractivity contribution in [3.8, 4) is 0 Å². The third-order valence-electron chi connectivity index (χ3n) is 4.61. The molecule has 1 aliphatic carbocycles. The molecular formula is C17H15N5O. The zero-order valence-electron chi connectivity index (χ0n) is 12.4. The van der Waals surface area contributed by atoms with Crippen LogP contribution in [-0.4, -0.2) is 34.5 Å².